The first-order valence-electron chi connectivity index (χ1n) is 10.4. The van der Waals surface area contributed by atoms with E-state index in [1.54, 1.807) is 7.11 Å². The second-order valence-electron chi connectivity index (χ2n) is 7.23. The zero-order chi connectivity index (χ0) is 17.9. The summed E-state index contributed by atoms with van der Waals surface area (Å²) in [5.74, 6) is 0.991. The van der Waals surface area contributed by atoms with Crippen LogP contribution in [-0.4, -0.2) is 44.7 Å². The maximum atomic E-state index is 5.37. The van der Waals surface area contributed by atoms with E-state index in [2.05, 4.69) is 41.8 Å². The highest BCUT2D eigenvalue weighted by Gasteiger charge is 2.16. The quantitative estimate of drug-likeness (QED) is 0.488. The summed E-state index contributed by atoms with van der Waals surface area (Å²) in [5.41, 5.74) is 2.90. The number of nitrogens with zero attached hydrogens (tertiary/aromatic N) is 2. The molecule has 0 bridgehead atoms. The monoisotopic (exact) mass is 346 g/mol. The van der Waals surface area contributed by atoms with Gasteiger partial charge in [-0.15, -0.1) is 0 Å². The van der Waals surface area contributed by atoms with Crippen LogP contribution in [0.25, 0.3) is 0 Å². The van der Waals surface area contributed by atoms with Crippen molar-refractivity contribution in [3.63, 3.8) is 0 Å². The number of fused-ring (bicyclic) bond motifs is 1. The number of aryl methyl sites for hydroxylation is 1. The van der Waals surface area contributed by atoms with E-state index in [0.29, 0.717) is 0 Å². The predicted octanol–water partition coefficient (Wildman–Crippen LogP) is 5.13. The molecule has 0 atom stereocenters. The standard InChI is InChI=1S/C22H38N2O/c1-4-23(5-2)16-10-8-6-7-9-11-17-24-18-12-13-20-19-21(25-3)14-15-22(20)24/h14-15,19H,4-13,16-18H2,1-3H3. The van der Waals surface area contributed by atoms with Crippen molar-refractivity contribution in [2.75, 3.05) is 44.7 Å². The molecule has 142 valence electrons. The van der Waals surface area contributed by atoms with Crippen LogP contribution in [0.3, 0.4) is 0 Å². The number of anilines is 1. The summed E-state index contributed by atoms with van der Waals surface area (Å²) in [6.45, 7) is 10.6. The van der Waals surface area contributed by atoms with Gasteiger partial charge in [-0.3, -0.25) is 0 Å². The van der Waals surface area contributed by atoms with E-state index in [1.165, 1.54) is 95.3 Å². The fourth-order valence-electron chi connectivity index (χ4n) is 3.90. The number of hydrogen-bond acceptors (Lipinski definition) is 3. The van der Waals surface area contributed by atoms with Crippen LogP contribution in [0, 0.1) is 0 Å². The molecule has 25 heavy (non-hydrogen) atoms. The van der Waals surface area contributed by atoms with Gasteiger partial charge in [-0.2, -0.15) is 0 Å². The van der Waals surface area contributed by atoms with Gasteiger partial charge in [0.25, 0.3) is 0 Å². The highest BCUT2D eigenvalue weighted by atomic mass is 16.5. The molecule has 1 aliphatic rings. The van der Waals surface area contributed by atoms with Crippen LogP contribution < -0.4 is 9.64 Å². The minimum atomic E-state index is 0.991. The molecular weight excluding hydrogens is 308 g/mol. The summed E-state index contributed by atoms with van der Waals surface area (Å²) in [6.07, 6.45) is 10.7. The molecule has 0 aromatic heterocycles. The zero-order valence-electron chi connectivity index (χ0n) is 16.7. The third kappa shape index (κ3) is 6.54. The molecule has 0 unspecified atom stereocenters. The summed E-state index contributed by atoms with van der Waals surface area (Å²) in [4.78, 5) is 5.11. The lowest BCUT2D eigenvalue weighted by molar-refractivity contribution is 0.295. The highest BCUT2D eigenvalue weighted by Crippen LogP contribution is 2.30. The van der Waals surface area contributed by atoms with Crippen LogP contribution in [0.5, 0.6) is 5.75 Å². The van der Waals surface area contributed by atoms with Crippen LogP contribution in [0.15, 0.2) is 18.2 Å². The minimum Gasteiger partial charge on any atom is -0.497 e. The van der Waals surface area contributed by atoms with Crippen molar-refractivity contribution in [1.82, 2.24) is 4.90 Å². The van der Waals surface area contributed by atoms with Gasteiger partial charge < -0.3 is 14.5 Å². The molecule has 3 heteroatoms. The summed E-state index contributed by atoms with van der Waals surface area (Å²) >= 11 is 0. The van der Waals surface area contributed by atoms with Gasteiger partial charge in [0.15, 0.2) is 0 Å². The fraction of sp³-hybridized carbons (Fsp3) is 0.727. The van der Waals surface area contributed by atoms with Gasteiger partial charge in [0.2, 0.25) is 0 Å². The summed E-state index contributed by atoms with van der Waals surface area (Å²) in [5, 5.41) is 0. The molecule has 0 amide bonds. The number of unbranched alkanes of at least 4 members (excludes halogenated alkanes) is 5. The predicted molar refractivity (Wildman–Crippen MR) is 109 cm³/mol. The Morgan fingerprint density at radius 1 is 1.00 bits per heavy atom. The third-order valence-corrected chi connectivity index (χ3v) is 5.55. The SMILES string of the molecule is CCN(CC)CCCCCCCCN1CCCc2cc(OC)ccc21. The Morgan fingerprint density at radius 3 is 2.44 bits per heavy atom. The van der Waals surface area contributed by atoms with Crippen molar-refractivity contribution in [3.05, 3.63) is 23.8 Å². The van der Waals surface area contributed by atoms with Crippen LogP contribution in [0.4, 0.5) is 5.69 Å². The van der Waals surface area contributed by atoms with E-state index in [1.807, 2.05) is 0 Å². The topological polar surface area (TPSA) is 15.7 Å². The lowest BCUT2D eigenvalue weighted by atomic mass is 10.0. The van der Waals surface area contributed by atoms with Gasteiger partial charge >= 0.3 is 0 Å². The number of rotatable bonds is 12. The lowest BCUT2D eigenvalue weighted by Gasteiger charge is -2.31. The van der Waals surface area contributed by atoms with E-state index in [-0.39, 0.29) is 0 Å². The van der Waals surface area contributed by atoms with Crippen LogP contribution in [0.1, 0.15) is 64.4 Å². The van der Waals surface area contributed by atoms with Gasteiger partial charge in [0, 0.05) is 18.8 Å². The first-order valence-corrected chi connectivity index (χ1v) is 10.4. The minimum absolute atomic E-state index is 0.991. The summed E-state index contributed by atoms with van der Waals surface area (Å²) in [7, 11) is 1.75. The molecule has 2 rings (SSSR count). The Balaban J connectivity index is 1.60. The lowest BCUT2D eigenvalue weighted by Crippen LogP contribution is -2.30. The van der Waals surface area contributed by atoms with Gasteiger partial charge in [-0.25, -0.2) is 0 Å². The van der Waals surface area contributed by atoms with Crippen molar-refractivity contribution >= 4 is 5.69 Å². The molecule has 0 fully saturated rings. The van der Waals surface area contributed by atoms with Crippen molar-refractivity contribution in [2.45, 2.75) is 65.2 Å². The van der Waals surface area contributed by atoms with E-state index in [9.17, 15) is 0 Å². The Hall–Kier alpha value is -1.22. The molecule has 0 spiro atoms. The van der Waals surface area contributed by atoms with Gasteiger partial charge in [-0.1, -0.05) is 39.5 Å². The molecule has 0 N–H and O–H groups in total. The van der Waals surface area contributed by atoms with Crippen LogP contribution in [0.2, 0.25) is 0 Å². The van der Waals surface area contributed by atoms with E-state index >= 15 is 0 Å². The Morgan fingerprint density at radius 2 is 1.72 bits per heavy atom. The van der Waals surface area contributed by atoms with Gasteiger partial charge in [0.05, 0.1) is 7.11 Å². The van der Waals surface area contributed by atoms with Crippen molar-refractivity contribution in [3.8, 4) is 5.75 Å². The van der Waals surface area contributed by atoms with E-state index < -0.39 is 0 Å². The van der Waals surface area contributed by atoms with E-state index in [0.717, 1.165) is 5.75 Å². The zero-order valence-corrected chi connectivity index (χ0v) is 16.7. The molecular formula is C22H38N2O. The Bertz CT molecular complexity index is 485. The first kappa shape index (κ1) is 20.1. The average Bonchev–Trinajstić information content (AvgIpc) is 2.66. The van der Waals surface area contributed by atoms with Crippen LogP contribution in [-0.2, 0) is 6.42 Å². The molecule has 0 saturated heterocycles. The second kappa shape index (κ2) is 11.4. The first-order chi connectivity index (χ1) is 12.3. The van der Waals surface area contributed by atoms with Crippen molar-refractivity contribution in [1.29, 1.82) is 0 Å². The summed E-state index contributed by atoms with van der Waals surface area (Å²) in [6, 6.07) is 6.57. The maximum Gasteiger partial charge on any atom is 0.119 e. The van der Waals surface area contributed by atoms with Crippen molar-refractivity contribution < 1.29 is 4.74 Å². The number of benzene rings is 1. The molecule has 0 saturated carbocycles. The summed E-state index contributed by atoms with van der Waals surface area (Å²) < 4.78 is 5.37. The second-order valence-corrected chi connectivity index (χ2v) is 7.23. The number of hydrogen-bond donors (Lipinski definition) is 0. The Labute approximate surface area is 155 Å². The van der Waals surface area contributed by atoms with E-state index in [4.69, 9.17) is 4.74 Å². The smallest absolute Gasteiger partial charge is 0.119 e. The molecule has 1 heterocycles. The molecule has 0 aliphatic carbocycles. The highest BCUT2D eigenvalue weighted by molar-refractivity contribution is 5.58. The molecule has 1 aromatic rings. The third-order valence-electron chi connectivity index (χ3n) is 5.55. The largest absolute Gasteiger partial charge is 0.497 e. The Kier molecular flexibility index (Phi) is 9.17. The molecule has 3 nitrogen and oxygen atoms in total. The molecule has 1 aromatic carbocycles. The molecule has 1 aliphatic heterocycles. The van der Waals surface area contributed by atoms with Crippen molar-refractivity contribution in [2.24, 2.45) is 0 Å². The fourth-order valence-corrected chi connectivity index (χ4v) is 3.90. The van der Waals surface area contributed by atoms with Gasteiger partial charge in [0.1, 0.15) is 5.75 Å². The maximum absolute atomic E-state index is 5.37. The molecule has 0 radical (unpaired) electrons. The average molecular weight is 347 g/mol. The number of methoxy groups -OCH3 is 1. The van der Waals surface area contributed by atoms with Gasteiger partial charge in [-0.05, 0) is 69.1 Å². The van der Waals surface area contributed by atoms with Crippen LogP contribution >= 0.6 is 0 Å². The normalized spacial score (nSPS) is 14.0. The number of ether oxygens (including phenoxy) is 1.